The number of fused-ring (bicyclic) bond motifs is 1. The molecule has 0 aliphatic carbocycles. The lowest BCUT2D eigenvalue weighted by molar-refractivity contribution is 0.457. The first-order valence-corrected chi connectivity index (χ1v) is 7.33. The number of aryl methyl sites for hydroxylation is 1. The van der Waals surface area contributed by atoms with Crippen molar-refractivity contribution in [2.24, 2.45) is 0 Å². The highest BCUT2D eigenvalue weighted by atomic mass is 32.2. The van der Waals surface area contributed by atoms with Gasteiger partial charge < -0.3 is 4.74 Å². The molecule has 1 aromatic carbocycles. The van der Waals surface area contributed by atoms with E-state index in [0.29, 0.717) is 5.56 Å². The van der Waals surface area contributed by atoms with Gasteiger partial charge in [-0.3, -0.25) is 0 Å². The summed E-state index contributed by atoms with van der Waals surface area (Å²) >= 11 is 0. The van der Waals surface area contributed by atoms with Crippen LogP contribution in [-0.2, 0) is 9.84 Å². The molecule has 0 bridgehead atoms. The summed E-state index contributed by atoms with van der Waals surface area (Å²) in [5, 5.41) is -1.70. The van der Waals surface area contributed by atoms with Crippen LogP contribution in [0, 0.1) is 6.92 Å². The van der Waals surface area contributed by atoms with Crippen LogP contribution in [0.15, 0.2) is 52.8 Å². The lowest BCUT2D eigenvalue weighted by Crippen LogP contribution is -2.16. The quantitative estimate of drug-likeness (QED) is 0.810. The van der Waals surface area contributed by atoms with Crippen molar-refractivity contribution < 1.29 is 17.5 Å². The molecule has 0 fully saturated rings. The number of sulfone groups is 1. The number of benzene rings is 1. The lowest BCUT2D eigenvalue weighted by Gasteiger charge is -2.19. The largest absolute Gasteiger partial charge is 0.450 e. The third-order valence-corrected chi connectivity index (χ3v) is 4.34. The minimum atomic E-state index is -4.26. The number of aromatic nitrogens is 1. The Morgan fingerprint density at radius 1 is 1.20 bits per heavy atom. The Morgan fingerprint density at radius 2 is 1.90 bits per heavy atom. The van der Waals surface area contributed by atoms with Gasteiger partial charge in [-0.15, -0.1) is 0 Å². The highest BCUT2D eigenvalue weighted by Crippen LogP contribution is 2.39. The van der Waals surface area contributed by atoms with Crippen LogP contribution in [0.1, 0.15) is 11.1 Å². The summed E-state index contributed by atoms with van der Waals surface area (Å²) in [5.74, 6) is -0.254. The topological polar surface area (TPSA) is 56.3 Å². The fraction of sp³-hybridized carbons (Fsp3) is 0.0714. The van der Waals surface area contributed by atoms with E-state index in [0.717, 1.165) is 5.56 Å². The predicted octanol–water partition coefficient (Wildman–Crippen LogP) is 2.85. The number of nitrogens with zero attached hydrogens (tertiary/aromatic N) is 1. The molecule has 0 amide bonds. The van der Waals surface area contributed by atoms with Crippen LogP contribution in [0.5, 0.6) is 5.75 Å². The summed E-state index contributed by atoms with van der Waals surface area (Å²) in [7, 11) is -4.26. The third-order valence-electron chi connectivity index (χ3n) is 2.87. The van der Waals surface area contributed by atoms with E-state index in [1.54, 1.807) is 37.3 Å². The van der Waals surface area contributed by atoms with Crippen molar-refractivity contribution in [3.05, 3.63) is 58.9 Å². The van der Waals surface area contributed by atoms with Crippen molar-refractivity contribution in [2.45, 2.75) is 11.9 Å². The lowest BCUT2D eigenvalue weighted by atomic mass is 10.2. The maximum atomic E-state index is 14.2. The third kappa shape index (κ3) is 1.89. The van der Waals surface area contributed by atoms with Gasteiger partial charge in [-0.25, -0.2) is 13.4 Å². The molecule has 0 N–H and O–H groups in total. The van der Waals surface area contributed by atoms with E-state index in [2.05, 4.69) is 4.98 Å². The van der Waals surface area contributed by atoms with E-state index in [4.69, 9.17) is 4.74 Å². The molecule has 1 aromatic heterocycles. The maximum absolute atomic E-state index is 14.2. The van der Waals surface area contributed by atoms with E-state index < -0.39 is 15.0 Å². The predicted molar refractivity (Wildman–Crippen MR) is 71.3 cm³/mol. The summed E-state index contributed by atoms with van der Waals surface area (Å²) in [5.41, 5.74) is 1.09. The van der Waals surface area contributed by atoms with Gasteiger partial charge in [0.1, 0.15) is 0 Å². The zero-order valence-electron chi connectivity index (χ0n) is 10.5. The number of rotatable bonds is 1. The van der Waals surface area contributed by atoms with Gasteiger partial charge in [0, 0.05) is 11.8 Å². The molecule has 1 aliphatic rings. The number of halogens is 1. The van der Waals surface area contributed by atoms with Crippen LogP contribution in [0.3, 0.4) is 0 Å². The molecule has 0 saturated heterocycles. The smallest absolute Gasteiger partial charge is 0.264 e. The molecule has 102 valence electrons. The van der Waals surface area contributed by atoms with E-state index in [9.17, 15) is 12.8 Å². The Balaban J connectivity index is 2.25. The molecule has 0 spiro atoms. The van der Waals surface area contributed by atoms with Crippen molar-refractivity contribution in [3.63, 3.8) is 0 Å². The monoisotopic (exact) mass is 291 g/mol. The summed E-state index contributed by atoms with van der Waals surface area (Å²) in [6, 6.07) is 9.79. The molecule has 4 nitrogen and oxygen atoms in total. The second-order valence-corrected chi connectivity index (χ2v) is 6.14. The molecule has 2 aromatic rings. The minimum Gasteiger partial charge on any atom is -0.450 e. The maximum Gasteiger partial charge on any atom is 0.264 e. The van der Waals surface area contributed by atoms with Crippen LogP contribution in [-0.4, -0.2) is 13.4 Å². The molecule has 20 heavy (non-hydrogen) atoms. The van der Waals surface area contributed by atoms with Gasteiger partial charge in [0.15, 0.2) is 11.5 Å². The van der Waals surface area contributed by atoms with Gasteiger partial charge in [0.25, 0.3) is 15.0 Å². The first kappa shape index (κ1) is 12.8. The number of ether oxygens (including phenoxy) is 1. The molecule has 0 atom stereocenters. The normalized spacial score (nSPS) is 16.5. The van der Waals surface area contributed by atoms with Crippen molar-refractivity contribution in [1.82, 2.24) is 4.98 Å². The van der Waals surface area contributed by atoms with E-state index in [-0.39, 0.29) is 16.5 Å². The van der Waals surface area contributed by atoms with E-state index in [1.807, 2.05) is 0 Å². The highest BCUT2D eigenvalue weighted by Gasteiger charge is 2.36. The van der Waals surface area contributed by atoms with Crippen LogP contribution in [0.25, 0.3) is 5.76 Å². The summed E-state index contributed by atoms with van der Waals surface area (Å²) in [4.78, 5) is 3.76. The molecule has 0 radical (unpaired) electrons. The summed E-state index contributed by atoms with van der Waals surface area (Å²) in [6.45, 7) is 1.75. The first-order valence-electron chi connectivity index (χ1n) is 5.85. The van der Waals surface area contributed by atoms with Crippen molar-refractivity contribution >= 4 is 15.6 Å². The van der Waals surface area contributed by atoms with Crippen molar-refractivity contribution in [2.75, 3.05) is 0 Å². The molecule has 0 saturated carbocycles. The van der Waals surface area contributed by atoms with Crippen LogP contribution < -0.4 is 4.74 Å². The van der Waals surface area contributed by atoms with Crippen LogP contribution >= 0.6 is 0 Å². The Morgan fingerprint density at radius 3 is 2.60 bits per heavy atom. The number of hydrogen-bond donors (Lipinski definition) is 0. The Hall–Kier alpha value is -2.21. The second kappa shape index (κ2) is 4.42. The van der Waals surface area contributed by atoms with Gasteiger partial charge in [-0.05, 0) is 18.6 Å². The number of hydrogen-bond acceptors (Lipinski definition) is 4. The fourth-order valence-electron chi connectivity index (χ4n) is 1.92. The van der Waals surface area contributed by atoms with Gasteiger partial charge in [0.05, 0.1) is 0 Å². The molecule has 2 heterocycles. The van der Waals surface area contributed by atoms with Gasteiger partial charge in [-0.1, -0.05) is 30.3 Å². The SMILES string of the molecule is Cc1cnc2c(c1)OC(c1ccccc1)=C(F)S2(=O)=O. The van der Waals surface area contributed by atoms with Crippen LogP contribution in [0.2, 0.25) is 0 Å². The molecular formula is C14H10FNO3S. The Kier molecular flexibility index (Phi) is 2.83. The molecule has 0 unspecified atom stereocenters. The average molecular weight is 291 g/mol. The van der Waals surface area contributed by atoms with Gasteiger partial charge >= 0.3 is 0 Å². The van der Waals surface area contributed by atoms with Gasteiger partial charge in [-0.2, -0.15) is 4.39 Å². The van der Waals surface area contributed by atoms with E-state index in [1.165, 1.54) is 12.3 Å². The van der Waals surface area contributed by atoms with Crippen molar-refractivity contribution in [1.29, 1.82) is 0 Å². The highest BCUT2D eigenvalue weighted by molar-refractivity contribution is 7.95. The van der Waals surface area contributed by atoms with Crippen molar-refractivity contribution in [3.8, 4) is 5.75 Å². The van der Waals surface area contributed by atoms with E-state index >= 15 is 0 Å². The minimum absolute atomic E-state index is 0.0465. The number of pyridine rings is 1. The van der Waals surface area contributed by atoms with Crippen LogP contribution in [0.4, 0.5) is 4.39 Å². The fourth-order valence-corrected chi connectivity index (χ4v) is 3.05. The van der Waals surface area contributed by atoms with Gasteiger partial charge in [0.2, 0.25) is 5.03 Å². The molecule has 6 heteroatoms. The molecule has 1 aliphatic heterocycles. The Bertz CT molecular complexity index is 814. The summed E-state index contributed by atoms with van der Waals surface area (Å²) in [6.07, 6.45) is 1.36. The zero-order valence-corrected chi connectivity index (χ0v) is 11.3. The first-order chi connectivity index (χ1) is 9.50. The zero-order chi connectivity index (χ0) is 14.3. The summed E-state index contributed by atoms with van der Waals surface area (Å²) < 4.78 is 43.9. The average Bonchev–Trinajstić information content (AvgIpc) is 2.43. The molecular weight excluding hydrogens is 281 g/mol. The standard InChI is InChI=1S/C14H10FNO3S/c1-9-7-11-14(16-8-9)20(17,18)13(15)12(19-11)10-5-3-2-4-6-10/h2-8H,1H3. The second-order valence-electron chi connectivity index (χ2n) is 4.39. The Labute approximate surface area is 115 Å². The molecule has 3 rings (SSSR count).